The molecule has 0 saturated heterocycles. The van der Waals surface area contributed by atoms with Crippen molar-refractivity contribution in [1.82, 2.24) is 5.32 Å². The third-order valence-corrected chi connectivity index (χ3v) is 2.95. The topological polar surface area (TPSA) is 21.3 Å². The van der Waals surface area contributed by atoms with Gasteiger partial charge in [-0.15, -0.1) is 0 Å². The fraction of sp³-hybridized carbons (Fsp3) is 0.412. The van der Waals surface area contributed by atoms with Crippen LogP contribution in [0.5, 0.6) is 0 Å². The largest absolute Gasteiger partial charge is 0.383 e. The third-order valence-electron chi connectivity index (χ3n) is 2.95. The lowest BCUT2D eigenvalue weighted by molar-refractivity contribution is 0.200. The SMILES string of the molecule is COCCNCC(=CC=Cc1ccccc1)C(C)C. The molecule has 104 valence electrons. The summed E-state index contributed by atoms with van der Waals surface area (Å²) in [5, 5.41) is 3.39. The molecule has 2 nitrogen and oxygen atoms in total. The maximum absolute atomic E-state index is 5.03. The van der Waals surface area contributed by atoms with Crippen LogP contribution in [0.15, 0.2) is 48.1 Å². The summed E-state index contributed by atoms with van der Waals surface area (Å²) in [7, 11) is 1.73. The second-order valence-corrected chi connectivity index (χ2v) is 4.84. The number of methoxy groups -OCH3 is 1. The molecule has 0 aliphatic carbocycles. The Morgan fingerprint density at radius 2 is 2.00 bits per heavy atom. The van der Waals surface area contributed by atoms with Crippen LogP contribution in [0.25, 0.3) is 6.08 Å². The molecule has 2 heteroatoms. The molecule has 0 aromatic heterocycles. The molecule has 0 saturated carbocycles. The zero-order chi connectivity index (χ0) is 13.9. The van der Waals surface area contributed by atoms with Gasteiger partial charge in [-0.3, -0.25) is 0 Å². The molecule has 1 rings (SSSR count). The smallest absolute Gasteiger partial charge is 0.0587 e. The van der Waals surface area contributed by atoms with Gasteiger partial charge in [0.25, 0.3) is 0 Å². The summed E-state index contributed by atoms with van der Waals surface area (Å²) in [5.74, 6) is 0.551. The molecule has 0 heterocycles. The highest BCUT2D eigenvalue weighted by atomic mass is 16.5. The summed E-state index contributed by atoms with van der Waals surface area (Å²) in [6, 6.07) is 10.4. The van der Waals surface area contributed by atoms with Crippen LogP contribution >= 0.6 is 0 Å². The van der Waals surface area contributed by atoms with Gasteiger partial charge in [-0.25, -0.2) is 0 Å². The Balaban J connectivity index is 2.51. The van der Waals surface area contributed by atoms with E-state index in [1.165, 1.54) is 11.1 Å². The number of ether oxygens (including phenoxy) is 1. The van der Waals surface area contributed by atoms with Crippen molar-refractivity contribution < 1.29 is 4.74 Å². The van der Waals surface area contributed by atoms with Gasteiger partial charge < -0.3 is 10.1 Å². The first-order valence-corrected chi connectivity index (χ1v) is 6.86. The maximum Gasteiger partial charge on any atom is 0.0587 e. The first-order valence-electron chi connectivity index (χ1n) is 6.86. The van der Waals surface area contributed by atoms with E-state index in [0.717, 1.165) is 19.7 Å². The fourth-order valence-corrected chi connectivity index (χ4v) is 1.71. The van der Waals surface area contributed by atoms with Crippen LogP contribution < -0.4 is 5.32 Å². The molecule has 0 atom stereocenters. The lowest BCUT2D eigenvalue weighted by Gasteiger charge is -2.11. The lowest BCUT2D eigenvalue weighted by Crippen LogP contribution is -2.23. The van der Waals surface area contributed by atoms with Crippen molar-refractivity contribution in [2.24, 2.45) is 5.92 Å². The van der Waals surface area contributed by atoms with E-state index in [9.17, 15) is 0 Å². The lowest BCUT2D eigenvalue weighted by atomic mass is 10.0. The molecule has 1 aromatic carbocycles. The van der Waals surface area contributed by atoms with E-state index in [1.54, 1.807) is 7.11 Å². The Labute approximate surface area is 117 Å². The predicted octanol–water partition coefficient (Wildman–Crippen LogP) is 3.52. The van der Waals surface area contributed by atoms with Crippen molar-refractivity contribution in [2.75, 3.05) is 26.8 Å². The van der Waals surface area contributed by atoms with Crippen molar-refractivity contribution >= 4 is 6.08 Å². The van der Waals surface area contributed by atoms with E-state index in [2.05, 4.69) is 61.7 Å². The van der Waals surface area contributed by atoms with Crippen LogP contribution in [0.4, 0.5) is 0 Å². The van der Waals surface area contributed by atoms with Gasteiger partial charge in [-0.1, -0.05) is 68.0 Å². The van der Waals surface area contributed by atoms with E-state index in [4.69, 9.17) is 4.74 Å². The van der Waals surface area contributed by atoms with Gasteiger partial charge in [0.1, 0.15) is 0 Å². The van der Waals surface area contributed by atoms with Crippen LogP contribution in [-0.4, -0.2) is 26.8 Å². The summed E-state index contributed by atoms with van der Waals surface area (Å²) in [6.07, 6.45) is 6.47. The van der Waals surface area contributed by atoms with E-state index >= 15 is 0 Å². The van der Waals surface area contributed by atoms with Crippen molar-refractivity contribution in [3.8, 4) is 0 Å². The maximum atomic E-state index is 5.03. The number of rotatable bonds is 8. The minimum absolute atomic E-state index is 0.551. The summed E-state index contributed by atoms with van der Waals surface area (Å²) in [4.78, 5) is 0. The van der Waals surface area contributed by atoms with Gasteiger partial charge in [0, 0.05) is 20.2 Å². The second kappa shape index (κ2) is 9.54. The molecule has 0 unspecified atom stereocenters. The number of hydrogen-bond donors (Lipinski definition) is 1. The molecule has 0 spiro atoms. The molecule has 0 fully saturated rings. The molecular weight excluding hydrogens is 234 g/mol. The molecule has 1 N–H and O–H groups in total. The van der Waals surface area contributed by atoms with Gasteiger partial charge >= 0.3 is 0 Å². The number of hydrogen-bond acceptors (Lipinski definition) is 2. The first-order chi connectivity index (χ1) is 9.24. The van der Waals surface area contributed by atoms with Gasteiger partial charge in [0.2, 0.25) is 0 Å². The Bertz CT molecular complexity index is 393. The average Bonchev–Trinajstić information content (AvgIpc) is 2.42. The third kappa shape index (κ3) is 6.94. The Morgan fingerprint density at radius 1 is 1.26 bits per heavy atom. The van der Waals surface area contributed by atoms with Crippen LogP contribution in [-0.2, 0) is 4.74 Å². The summed E-state index contributed by atoms with van der Waals surface area (Å²) in [6.45, 7) is 7.01. The Morgan fingerprint density at radius 3 is 2.63 bits per heavy atom. The normalized spacial score (nSPS) is 12.5. The molecule has 0 radical (unpaired) electrons. The first kappa shape index (κ1) is 15.7. The van der Waals surface area contributed by atoms with Gasteiger partial charge in [-0.05, 0) is 11.5 Å². The highest BCUT2D eigenvalue weighted by molar-refractivity contribution is 5.51. The van der Waals surface area contributed by atoms with Gasteiger partial charge in [0.05, 0.1) is 6.61 Å². The van der Waals surface area contributed by atoms with E-state index in [1.807, 2.05) is 6.07 Å². The quantitative estimate of drug-likeness (QED) is 0.570. The molecule has 0 aliphatic heterocycles. The standard InChI is InChI=1S/C17H25NO/c1-15(2)17(14-18-12-13-19-3)11-7-10-16-8-5-4-6-9-16/h4-11,15,18H,12-14H2,1-3H3. The zero-order valence-corrected chi connectivity index (χ0v) is 12.2. The van der Waals surface area contributed by atoms with Gasteiger partial charge in [0.15, 0.2) is 0 Å². The molecule has 0 amide bonds. The number of nitrogens with one attached hydrogen (secondary N) is 1. The van der Waals surface area contributed by atoms with Crippen LogP contribution in [0.3, 0.4) is 0 Å². The van der Waals surface area contributed by atoms with E-state index < -0.39 is 0 Å². The number of benzene rings is 1. The summed E-state index contributed by atoms with van der Waals surface area (Å²) in [5.41, 5.74) is 2.64. The van der Waals surface area contributed by atoms with E-state index in [0.29, 0.717) is 5.92 Å². The summed E-state index contributed by atoms with van der Waals surface area (Å²) < 4.78 is 5.03. The number of allylic oxidation sites excluding steroid dienone is 2. The Hall–Kier alpha value is -1.38. The van der Waals surface area contributed by atoms with Crippen molar-refractivity contribution in [2.45, 2.75) is 13.8 Å². The fourth-order valence-electron chi connectivity index (χ4n) is 1.71. The Kier molecular flexibility index (Phi) is 7.87. The van der Waals surface area contributed by atoms with Crippen LogP contribution in [0, 0.1) is 5.92 Å². The van der Waals surface area contributed by atoms with Crippen molar-refractivity contribution in [3.05, 3.63) is 53.6 Å². The average molecular weight is 259 g/mol. The van der Waals surface area contributed by atoms with Crippen molar-refractivity contribution in [3.63, 3.8) is 0 Å². The monoisotopic (exact) mass is 259 g/mol. The summed E-state index contributed by atoms with van der Waals surface area (Å²) >= 11 is 0. The minimum atomic E-state index is 0.551. The van der Waals surface area contributed by atoms with Crippen LogP contribution in [0.2, 0.25) is 0 Å². The zero-order valence-electron chi connectivity index (χ0n) is 12.2. The highest BCUT2D eigenvalue weighted by Gasteiger charge is 2.01. The van der Waals surface area contributed by atoms with Gasteiger partial charge in [-0.2, -0.15) is 0 Å². The molecule has 19 heavy (non-hydrogen) atoms. The highest BCUT2D eigenvalue weighted by Crippen LogP contribution is 2.09. The predicted molar refractivity (Wildman–Crippen MR) is 83.1 cm³/mol. The minimum Gasteiger partial charge on any atom is -0.383 e. The molecule has 0 bridgehead atoms. The van der Waals surface area contributed by atoms with Crippen molar-refractivity contribution in [1.29, 1.82) is 0 Å². The van der Waals surface area contributed by atoms with E-state index in [-0.39, 0.29) is 0 Å². The van der Waals surface area contributed by atoms with Crippen LogP contribution in [0.1, 0.15) is 19.4 Å². The molecule has 0 aliphatic rings. The molecule has 1 aromatic rings. The second-order valence-electron chi connectivity index (χ2n) is 4.84. The molecular formula is C17H25NO.